The van der Waals surface area contributed by atoms with Crippen molar-refractivity contribution in [1.82, 2.24) is 19.5 Å². The van der Waals surface area contributed by atoms with Gasteiger partial charge in [0.15, 0.2) is 11.5 Å². The fraction of sp³-hybridized carbons (Fsp3) is 0.130. The van der Waals surface area contributed by atoms with E-state index in [0.717, 1.165) is 33.8 Å². The van der Waals surface area contributed by atoms with Gasteiger partial charge in [-0.05, 0) is 13.0 Å². The summed E-state index contributed by atoms with van der Waals surface area (Å²) in [6.45, 7) is 2.10. The number of esters is 1. The molecule has 4 aromatic rings. The Hall–Kier alpha value is -3.80. The molecule has 29 heavy (non-hydrogen) atoms. The SMILES string of the molecule is CCOC(=O)c1ncn2c1Cc1cnc(-c3ccccc3)nc1-c1ccccc1-2. The van der Waals surface area contributed by atoms with Crippen molar-refractivity contribution in [1.29, 1.82) is 0 Å². The predicted octanol–water partition coefficient (Wildman–Crippen LogP) is 4.08. The van der Waals surface area contributed by atoms with Crippen LogP contribution in [0.4, 0.5) is 0 Å². The van der Waals surface area contributed by atoms with E-state index in [0.29, 0.717) is 24.5 Å². The van der Waals surface area contributed by atoms with Gasteiger partial charge < -0.3 is 9.30 Å². The van der Waals surface area contributed by atoms with Crippen LogP contribution in [-0.2, 0) is 11.2 Å². The van der Waals surface area contributed by atoms with Gasteiger partial charge in [0, 0.05) is 29.3 Å². The standard InChI is InChI=1S/C23H18N4O2/c1-2-29-23(28)21-19-12-16-13-24-22(15-8-4-3-5-9-15)26-20(16)17-10-6-7-11-18(17)27(19)14-25-21/h3-11,13-14H,2,12H2,1H3. The lowest BCUT2D eigenvalue weighted by molar-refractivity contribution is 0.0519. The number of rotatable bonds is 3. The third-order valence-corrected chi connectivity index (χ3v) is 5.01. The first-order valence-corrected chi connectivity index (χ1v) is 9.50. The van der Waals surface area contributed by atoms with Crippen molar-refractivity contribution in [2.45, 2.75) is 13.3 Å². The molecule has 2 aromatic carbocycles. The smallest absolute Gasteiger partial charge is 0.358 e. The van der Waals surface area contributed by atoms with Crippen LogP contribution in [0.2, 0.25) is 0 Å². The molecular formula is C23H18N4O2. The third-order valence-electron chi connectivity index (χ3n) is 5.01. The zero-order valence-electron chi connectivity index (χ0n) is 15.9. The zero-order valence-corrected chi connectivity index (χ0v) is 15.9. The van der Waals surface area contributed by atoms with Crippen LogP contribution >= 0.6 is 0 Å². The summed E-state index contributed by atoms with van der Waals surface area (Å²) in [6, 6.07) is 17.9. The van der Waals surface area contributed by atoms with Gasteiger partial charge in [-0.1, -0.05) is 48.5 Å². The minimum absolute atomic E-state index is 0.307. The lowest BCUT2D eigenvalue weighted by atomic mass is 10.0. The highest BCUT2D eigenvalue weighted by Gasteiger charge is 2.27. The number of nitrogens with zero attached hydrogens (tertiary/aromatic N) is 4. The highest BCUT2D eigenvalue weighted by atomic mass is 16.5. The maximum Gasteiger partial charge on any atom is 0.358 e. The maximum atomic E-state index is 12.4. The van der Waals surface area contributed by atoms with Crippen molar-refractivity contribution in [3.63, 3.8) is 0 Å². The molecule has 0 spiro atoms. The second kappa shape index (κ2) is 6.98. The van der Waals surface area contributed by atoms with Crippen molar-refractivity contribution in [2.24, 2.45) is 0 Å². The lowest BCUT2D eigenvalue weighted by Crippen LogP contribution is -2.10. The number of hydrogen-bond acceptors (Lipinski definition) is 5. The molecule has 1 aliphatic heterocycles. The fourth-order valence-electron chi connectivity index (χ4n) is 3.68. The number of para-hydroxylation sites is 1. The van der Waals surface area contributed by atoms with Crippen molar-refractivity contribution in [3.05, 3.63) is 84.1 Å². The van der Waals surface area contributed by atoms with Gasteiger partial charge in [-0.3, -0.25) is 0 Å². The molecule has 0 saturated carbocycles. The number of carbonyl (C=O) groups is 1. The van der Waals surface area contributed by atoms with Gasteiger partial charge in [-0.2, -0.15) is 0 Å². The zero-order chi connectivity index (χ0) is 19.8. The topological polar surface area (TPSA) is 69.9 Å². The molecule has 5 rings (SSSR count). The monoisotopic (exact) mass is 382 g/mol. The molecule has 6 heteroatoms. The van der Waals surface area contributed by atoms with Crippen molar-refractivity contribution in [3.8, 4) is 28.3 Å². The normalized spacial score (nSPS) is 11.8. The average molecular weight is 382 g/mol. The first-order chi connectivity index (χ1) is 14.3. The Morgan fingerprint density at radius 2 is 1.86 bits per heavy atom. The average Bonchev–Trinajstić information content (AvgIpc) is 3.12. The first-order valence-electron chi connectivity index (χ1n) is 9.50. The Balaban J connectivity index is 1.71. The van der Waals surface area contributed by atoms with Crippen molar-refractivity contribution < 1.29 is 9.53 Å². The molecule has 142 valence electrons. The Morgan fingerprint density at radius 1 is 1.07 bits per heavy atom. The van der Waals surface area contributed by atoms with Gasteiger partial charge in [-0.25, -0.2) is 19.7 Å². The Morgan fingerprint density at radius 3 is 2.69 bits per heavy atom. The molecule has 1 aliphatic rings. The summed E-state index contributed by atoms with van der Waals surface area (Å²) in [6.07, 6.45) is 4.02. The molecule has 0 amide bonds. The van der Waals surface area contributed by atoms with Crippen LogP contribution in [0.3, 0.4) is 0 Å². The molecular weight excluding hydrogens is 364 g/mol. The first kappa shape index (κ1) is 17.3. The number of hydrogen-bond donors (Lipinski definition) is 0. The van der Waals surface area contributed by atoms with Crippen LogP contribution in [0, 0.1) is 0 Å². The van der Waals surface area contributed by atoms with Crippen molar-refractivity contribution >= 4 is 5.97 Å². The molecule has 0 radical (unpaired) electrons. The van der Waals surface area contributed by atoms with E-state index < -0.39 is 5.97 Å². The highest BCUT2D eigenvalue weighted by molar-refractivity contribution is 5.89. The van der Waals surface area contributed by atoms with Gasteiger partial charge >= 0.3 is 5.97 Å². The number of fused-ring (bicyclic) bond motifs is 5. The van der Waals surface area contributed by atoms with Crippen LogP contribution in [-0.4, -0.2) is 32.1 Å². The van der Waals surface area contributed by atoms with Crippen LogP contribution < -0.4 is 0 Å². The molecule has 0 unspecified atom stereocenters. The molecule has 0 atom stereocenters. The summed E-state index contributed by atoms with van der Waals surface area (Å²) >= 11 is 0. The third kappa shape index (κ3) is 2.89. The largest absolute Gasteiger partial charge is 0.461 e. The summed E-state index contributed by atoms with van der Waals surface area (Å²) in [4.78, 5) is 26.3. The van der Waals surface area contributed by atoms with Crippen LogP contribution in [0.5, 0.6) is 0 Å². The second-order valence-corrected chi connectivity index (χ2v) is 6.76. The summed E-state index contributed by atoms with van der Waals surface area (Å²) in [7, 11) is 0. The lowest BCUT2D eigenvalue weighted by Gasteiger charge is -2.10. The van der Waals surface area contributed by atoms with E-state index in [-0.39, 0.29) is 0 Å². The Bertz CT molecular complexity index is 1210. The quantitative estimate of drug-likeness (QED) is 0.440. The molecule has 0 aliphatic carbocycles. The van der Waals surface area contributed by atoms with E-state index in [1.165, 1.54) is 0 Å². The van der Waals surface area contributed by atoms with E-state index in [9.17, 15) is 4.79 Å². The van der Waals surface area contributed by atoms with Gasteiger partial charge in [0.2, 0.25) is 0 Å². The van der Waals surface area contributed by atoms with Gasteiger partial charge in [0.05, 0.1) is 23.7 Å². The van der Waals surface area contributed by atoms with Gasteiger partial charge in [0.25, 0.3) is 0 Å². The van der Waals surface area contributed by atoms with Crippen molar-refractivity contribution in [2.75, 3.05) is 6.61 Å². The summed E-state index contributed by atoms with van der Waals surface area (Å²) in [5, 5.41) is 0. The van der Waals surface area contributed by atoms with E-state index in [1.807, 2.05) is 65.4 Å². The van der Waals surface area contributed by atoms with E-state index in [1.54, 1.807) is 13.3 Å². The molecule has 0 saturated heterocycles. The van der Waals surface area contributed by atoms with Crippen LogP contribution in [0.1, 0.15) is 28.7 Å². The molecule has 0 N–H and O–H groups in total. The maximum absolute atomic E-state index is 12.4. The summed E-state index contributed by atoms with van der Waals surface area (Å²) in [5.41, 5.74) is 5.81. The number of aromatic nitrogens is 4. The predicted molar refractivity (Wildman–Crippen MR) is 109 cm³/mol. The number of benzene rings is 2. The Labute approximate surface area is 167 Å². The molecule has 2 aromatic heterocycles. The molecule has 0 fully saturated rings. The summed E-state index contributed by atoms with van der Waals surface area (Å²) < 4.78 is 7.15. The second-order valence-electron chi connectivity index (χ2n) is 6.76. The van der Waals surface area contributed by atoms with Gasteiger partial charge in [0.1, 0.15) is 6.33 Å². The van der Waals surface area contributed by atoms with Crippen LogP contribution in [0.15, 0.2) is 67.1 Å². The van der Waals surface area contributed by atoms with Gasteiger partial charge in [-0.15, -0.1) is 0 Å². The van der Waals surface area contributed by atoms with E-state index in [4.69, 9.17) is 9.72 Å². The molecule has 3 heterocycles. The number of imidazole rings is 1. The minimum atomic E-state index is -0.413. The highest BCUT2D eigenvalue weighted by Crippen LogP contribution is 2.35. The summed E-state index contributed by atoms with van der Waals surface area (Å²) in [5.74, 6) is 0.262. The number of ether oxygens (including phenoxy) is 1. The minimum Gasteiger partial charge on any atom is -0.461 e. The molecule has 6 nitrogen and oxygen atoms in total. The Kier molecular flexibility index (Phi) is 4.17. The fourth-order valence-corrected chi connectivity index (χ4v) is 3.68. The van der Waals surface area contributed by atoms with E-state index >= 15 is 0 Å². The molecule has 0 bridgehead atoms. The number of carbonyl (C=O) groups excluding carboxylic acids is 1. The van der Waals surface area contributed by atoms with E-state index in [2.05, 4.69) is 9.97 Å². The van der Waals surface area contributed by atoms with Crippen LogP contribution in [0.25, 0.3) is 28.3 Å².